The van der Waals surface area contributed by atoms with E-state index in [2.05, 4.69) is 38.3 Å². The normalized spacial score (nSPS) is 9.25. The Labute approximate surface area is 87.4 Å². The maximum Gasteiger partial charge on any atom is 0.169 e. The molecule has 0 saturated heterocycles. The lowest BCUT2D eigenvalue weighted by Gasteiger charge is -1.98. The van der Waals surface area contributed by atoms with Crippen LogP contribution in [-0.4, -0.2) is 5.16 Å². The van der Waals surface area contributed by atoms with Gasteiger partial charge in [-0.25, -0.2) is 4.39 Å². The van der Waals surface area contributed by atoms with E-state index >= 15 is 0 Å². The zero-order valence-corrected chi connectivity index (χ0v) is 8.80. The third-order valence-corrected chi connectivity index (χ3v) is 2.53. The molecule has 5 heteroatoms. The summed E-state index contributed by atoms with van der Waals surface area (Å²) >= 11 is 13.0. The molecule has 0 aliphatic heterocycles. The Kier molecular flexibility index (Phi) is 3.35. The minimum atomic E-state index is -0.594. The number of rotatable bonds is 1. The van der Waals surface area contributed by atoms with Gasteiger partial charge in [0.25, 0.3) is 0 Å². The number of isothiocyanates is 1. The second-order valence-corrected chi connectivity index (χ2v) is 3.31. The Morgan fingerprint density at radius 1 is 1.58 bits per heavy atom. The molecule has 1 rings (SSSR count). The standard InChI is InChI=1S/C7H2BrClFNS/c8-4-1-2-5(11-3-12)7(10)6(4)9/h1-2H. The van der Waals surface area contributed by atoms with Crippen molar-refractivity contribution in [2.45, 2.75) is 0 Å². The van der Waals surface area contributed by atoms with E-state index in [1.165, 1.54) is 6.07 Å². The summed E-state index contributed by atoms with van der Waals surface area (Å²) in [6.45, 7) is 0. The van der Waals surface area contributed by atoms with Crippen LogP contribution in [0.15, 0.2) is 21.6 Å². The number of nitrogens with zero attached hydrogens (tertiary/aromatic N) is 1. The molecule has 0 N–H and O–H groups in total. The molecular weight excluding hydrogens is 265 g/mol. The van der Waals surface area contributed by atoms with Crippen molar-refractivity contribution in [3.63, 3.8) is 0 Å². The number of hydrogen-bond donors (Lipinski definition) is 0. The Bertz CT molecular complexity index is 363. The van der Waals surface area contributed by atoms with Crippen LogP contribution < -0.4 is 0 Å². The Morgan fingerprint density at radius 2 is 2.25 bits per heavy atom. The molecule has 0 aliphatic carbocycles. The van der Waals surface area contributed by atoms with Gasteiger partial charge in [0.15, 0.2) is 5.82 Å². The average Bonchev–Trinajstić information content (AvgIpc) is 2.07. The third kappa shape index (κ3) is 1.90. The van der Waals surface area contributed by atoms with E-state index in [-0.39, 0.29) is 10.7 Å². The molecule has 0 atom stereocenters. The van der Waals surface area contributed by atoms with Gasteiger partial charge in [-0.05, 0) is 40.3 Å². The number of hydrogen-bond acceptors (Lipinski definition) is 2. The van der Waals surface area contributed by atoms with Crippen molar-refractivity contribution < 1.29 is 4.39 Å². The third-order valence-electron chi connectivity index (χ3n) is 1.18. The zero-order valence-electron chi connectivity index (χ0n) is 5.64. The fraction of sp³-hybridized carbons (Fsp3) is 0. The molecule has 0 fully saturated rings. The van der Waals surface area contributed by atoms with Gasteiger partial charge in [-0.1, -0.05) is 11.6 Å². The van der Waals surface area contributed by atoms with Gasteiger partial charge in [-0.15, -0.1) is 0 Å². The Hall–Kier alpha value is -0.280. The van der Waals surface area contributed by atoms with Gasteiger partial charge in [0.2, 0.25) is 0 Å². The van der Waals surface area contributed by atoms with Gasteiger partial charge >= 0.3 is 0 Å². The molecule has 1 aromatic rings. The van der Waals surface area contributed by atoms with Gasteiger partial charge in [0.05, 0.1) is 10.2 Å². The highest BCUT2D eigenvalue weighted by Crippen LogP contribution is 2.31. The fourth-order valence-electron chi connectivity index (χ4n) is 0.651. The molecule has 0 aromatic heterocycles. The predicted octanol–water partition coefficient (Wildman–Crippen LogP) is 3.98. The minimum Gasteiger partial charge on any atom is -0.203 e. The van der Waals surface area contributed by atoms with Crippen molar-refractivity contribution in [3.05, 3.63) is 27.4 Å². The van der Waals surface area contributed by atoms with Gasteiger partial charge in [0, 0.05) is 4.47 Å². The minimum absolute atomic E-state index is 0.00139. The average molecular weight is 267 g/mol. The number of thiocarbonyl (C=S) groups is 1. The van der Waals surface area contributed by atoms with Crippen LogP contribution in [0.2, 0.25) is 5.02 Å². The maximum absolute atomic E-state index is 13.1. The summed E-state index contributed by atoms with van der Waals surface area (Å²) in [4.78, 5) is 3.49. The summed E-state index contributed by atoms with van der Waals surface area (Å²) in [5.41, 5.74) is 0.0956. The van der Waals surface area contributed by atoms with E-state index in [1.807, 2.05) is 0 Å². The maximum atomic E-state index is 13.1. The highest BCUT2D eigenvalue weighted by atomic mass is 79.9. The molecule has 0 aliphatic rings. The quantitative estimate of drug-likeness (QED) is 0.425. The summed E-state index contributed by atoms with van der Waals surface area (Å²) in [5, 5.41) is 2.07. The molecule has 0 bridgehead atoms. The van der Waals surface area contributed by atoms with Crippen molar-refractivity contribution in [2.24, 2.45) is 4.99 Å². The molecule has 0 spiro atoms. The van der Waals surface area contributed by atoms with E-state index < -0.39 is 5.82 Å². The van der Waals surface area contributed by atoms with Gasteiger partial charge in [0.1, 0.15) is 5.69 Å². The van der Waals surface area contributed by atoms with Gasteiger partial charge in [-0.3, -0.25) is 0 Å². The van der Waals surface area contributed by atoms with E-state index in [9.17, 15) is 4.39 Å². The van der Waals surface area contributed by atoms with Crippen molar-refractivity contribution in [1.82, 2.24) is 0 Å². The number of halogens is 3. The number of aliphatic imine (C=N–C) groups is 1. The van der Waals surface area contributed by atoms with E-state index in [4.69, 9.17) is 11.6 Å². The van der Waals surface area contributed by atoms with Crippen LogP contribution in [0, 0.1) is 5.82 Å². The highest BCUT2D eigenvalue weighted by Gasteiger charge is 2.08. The molecular formula is C7H2BrClFNS. The fourth-order valence-corrected chi connectivity index (χ4v) is 1.22. The molecule has 0 saturated carbocycles. The molecule has 1 aromatic carbocycles. The van der Waals surface area contributed by atoms with E-state index in [0.29, 0.717) is 4.47 Å². The first-order chi connectivity index (χ1) is 5.66. The largest absolute Gasteiger partial charge is 0.203 e. The topological polar surface area (TPSA) is 12.4 Å². The molecule has 12 heavy (non-hydrogen) atoms. The predicted molar refractivity (Wildman–Crippen MR) is 53.8 cm³/mol. The summed E-state index contributed by atoms with van der Waals surface area (Å²) in [7, 11) is 0. The van der Waals surface area contributed by atoms with Gasteiger partial charge < -0.3 is 0 Å². The summed E-state index contributed by atoms with van der Waals surface area (Å²) < 4.78 is 13.6. The lowest BCUT2D eigenvalue weighted by molar-refractivity contribution is 0.629. The zero-order chi connectivity index (χ0) is 9.14. The highest BCUT2D eigenvalue weighted by molar-refractivity contribution is 9.10. The summed E-state index contributed by atoms with van der Waals surface area (Å²) in [6.07, 6.45) is 0. The first-order valence-electron chi connectivity index (χ1n) is 2.88. The van der Waals surface area contributed by atoms with Crippen LogP contribution in [0.4, 0.5) is 10.1 Å². The van der Waals surface area contributed by atoms with Crippen molar-refractivity contribution >= 4 is 50.6 Å². The van der Waals surface area contributed by atoms with Crippen LogP contribution in [0.5, 0.6) is 0 Å². The van der Waals surface area contributed by atoms with Crippen molar-refractivity contribution in [3.8, 4) is 0 Å². The SMILES string of the molecule is Fc1c(N=C=S)ccc(Br)c1Cl. The molecule has 0 radical (unpaired) electrons. The molecule has 1 nitrogen and oxygen atoms in total. The van der Waals surface area contributed by atoms with Gasteiger partial charge in [-0.2, -0.15) is 4.99 Å². The monoisotopic (exact) mass is 265 g/mol. The molecule has 0 heterocycles. The van der Waals surface area contributed by atoms with Crippen LogP contribution in [0.3, 0.4) is 0 Å². The van der Waals surface area contributed by atoms with E-state index in [1.54, 1.807) is 6.07 Å². The van der Waals surface area contributed by atoms with Crippen molar-refractivity contribution in [1.29, 1.82) is 0 Å². The lowest BCUT2D eigenvalue weighted by atomic mass is 10.3. The van der Waals surface area contributed by atoms with Crippen molar-refractivity contribution in [2.75, 3.05) is 0 Å². The molecule has 0 amide bonds. The first kappa shape index (κ1) is 9.81. The lowest BCUT2D eigenvalue weighted by Crippen LogP contribution is -1.79. The van der Waals surface area contributed by atoms with Crippen LogP contribution in [-0.2, 0) is 0 Å². The van der Waals surface area contributed by atoms with E-state index in [0.717, 1.165) is 0 Å². The smallest absolute Gasteiger partial charge is 0.169 e. The second-order valence-electron chi connectivity index (χ2n) is 1.90. The van der Waals surface area contributed by atoms with Crippen LogP contribution in [0.25, 0.3) is 0 Å². The molecule has 0 unspecified atom stereocenters. The second kappa shape index (κ2) is 4.10. The van der Waals surface area contributed by atoms with Crippen LogP contribution >= 0.6 is 39.7 Å². The van der Waals surface area contributed by atoms with Crippen LogP contribution in [0.1, 0.15) is 0 Å². The molecule has 62 valence electrons. The summed E-state index contributed by atoms with van der Waals surface area (Å²) in [6, 6.07) is 3.06. The summed E-state index contributed by atoms with van der Waals surface area (Å²) in [5.74, 6) is -0.594. The number of benzene rings is 1. The first-order valence-corrected chi connectivity index (χ1v) is 4.46. The Morgan fingerprint density at radius 3 is 2.83 bits per heavy atom. The Balaban J connectivity index is 3.35.